The first kappa shape index (κ1) is 19.3. The van der Waals surface area contributed by atoms with E-state index in [9.17, 15) is 24.6 Å². The summed E-state index contributed by atoms with van der Waals surface area (Å²) < 4.78 is 5.25. The number of nitrogens with one attached hydrogen (secondary N) is 2. The molecule has 0 aromatic rings. The highest BCUT2D eigenvalue weighted by atomic mass is 16.5. The van der Waals surface area contributed by atoms with Gasteiger partial charge < -0.3 is 41.5 Å². The monoisotopic (exact) mass is 335 g/mol. The van der Waals surface area contributed by atoms with Crippen molar-refractivity contribution in [2.45, 2.75) is 50.0 Å². The van der Waals surface area contributed by atoms with Crippen molar-refractivity contribution in [3.63, 3.8) is 0 Å². The van der Waals surface area contributed by atoms with E-state index in [1.54, 1.807) is 0 Å². The number of carbonyl (C=O) groups is 3. The molecule has 1 fully saturated rings. The summed E-state index contributed by atoms with van der Waals surface area (Å²) in [6.45, 7) is 0.530. The zero-order chi connectivity index (χ0) is 17.7. The second-order valence-electron chi connectivity index (χ2n) is 5.20. The van der Waals surface area contributed by atoms with Crippen LogP contribution < -0.4 is 16.4 Å². The fourth-order valence-corrected chi connectivity index (χ4v) is 2.14. The molecule has 1 heterocycles. The molecule has 1 saturated heterocycles. The van der Waals surface area contributed by atoms with Crippen molar-refractivity contribution >= 4 is 17.8 Å². The molecule has 6 atom stereocenters. The van der Waals surface area contributed by atoms with Crippen molar-refractivity contribution < 1.29 is 39.5 Å². The Labute approximate surface area is 131 Å². The van der Waals surface area contributed by atoms with Crippen LogP contribution in [0.1, 0.15) is 13.3 Å². The lowest BCUT2D eigenvalue weighted by molar-refractivity contribution is -0.203. The highest BCUT2D eigenvalue weighted by Gasteiger charge is 2.45. The van der Waals surface area contributed by atoms with E-state index in [0.29, 0.717) is 0 Å². The fraction of sp³-hybridized carbons (Fsp3) is 0.750. The number of aliphatic hydroxyl groups excluding tert-OH is 3. The van der Waals surface area contributed by atoms with Crippen LogP contribution in [-0.2, 0) is 19.1 Å². The van der Waals surface area contributed by atoms with Gasteiger partial charge in [-0.15, -0.1) is 0 Å². The zero-order valence-electron chi connectivity index (χ0n) is 12.4. The van der Waals surface area contributed by atoms with E-state index in [0.717, 1.165) is 6.92 Å². The molecule has 23 heavy (non-hydrogen) atoms. The van der Waals surface area contributed by atoms with E-state index < -0.39 is 67.4 Å². The van der Waals surface area contributed by atoms with Gasteiger partial charge in [-0.25, -0.2) is 0 Å². The first-order chi connectivity index (χ1) is 10.7. The number of amides is 2. The molecule has 1 aliphatic rings. The van der Waals surface area contributed by atoms with Gasteiger partial charge in [0.05, 0.1) is 13.0 Å². The maximum Gasteiger partial charge on any atom is 0.321 e. The van der Waals surface area contributed by atoms with E-state index in [-0.39, 0.29) is 0 Å². The largest absolute Gasteiger partial charge is 0.480 e. The molecular formula is C12H21N3O8. The molecule has 0 bridgehead atoms. The summed E-state index contributed by atoms with van der Waals surface area (Å²) in [5.74, 6) is -2.71. The van der Waals surface area contributed by atoms with Crippen LogP contribution in [-0.4, -0.2) is 81.4 Å². The Morgan fingerprint density at radius 3 is 2.30 bits per heavy atom. The third-order valence-corrected chi connectivity index (χ3v) is 3.32. The van der Waals surface area contributed by atoms with Crippen LogP contribution in [0, 0.1) is 0 Å². The average molecular weight is 335 g/mol. The molecule has 2 amide bonds. The first-order valence-electron chi connectivity index (χ1n) is 6.84. The zero-order valence-corrected chi connectivity index (χ0v) is 12.4. The van der Waals surface area contributed by atoms with Crippen LogP contribution in [0.3, 0.4) is 0 Å². The number of nitrogens with two attached hydrogens (primary N) is 1. The van der Waals surface area contributed by atoms with Crippen molar-refractivity contribution in [1.82, 2.24) is 10.6 Å². The van der Waals surface area contributed by atoms with Crippen molar-refractivity contribution in [1.29, 1.82) is 0 Å². The van der Waals surface area contributed by atoms with E-state index in [2.05, 4.69) is 10.6 Å². The molecule has 1 rings (SSSR count). The van der Waals surface area contributed by atoms with Crippen molar-refractivity contribution in [3.05, 3.63) is 0 Å². The van der Waals surface area contributed by atoms with Crippen LogP contribution in [0.4, 0.5) is 0 Å². The number of hydrogen-bond acceptors (Lipinski definition) is 8. The van der Waals surface area contributed by atoms with Gasteiger partial charge in [0, 0.05) is 6.92 Å². The Morgan fingerprint density at radius 2 is 1.83 bits per heavy atom. The minimum atomic E-state index is -1.51. The second-order valence-corrected chi connectivity index (χ2v) is 5.20. The van der Waals surface area contributed by atoms with E-state index >= 15 is 0 Å². The summed E-state index contributed by atoms with van der Waals surface area (Å²) in [7, 11) is 0. The highest BCUT2D eigenvalue weighted by molar-refractivity contribution is 5.84. The fourth-order valence-electron chi connectivity index (χ4n) is 2.14. The van der Waals surface area contributed by atoms with Gasteiger partial charge in [-0.3, -0.25) is 14.4 Å². The molecule has 0 aromatic heterocycles. The minimum absolute atomic E-state index is 0.547. The summed E-state index contributed by atoms with van der Waals surface area (Å²) in [4.78, 5) is 33.6. The summed E-state index contributed by atoms with van der Waals surface area (Å²) in [6, 6.07) is -2.61. The van der Waals surface area contributed by atoms with Crippen LogP contribution in [0.2, 0.25) is 0 Å². The maximum absolute atomic E-state index is 11.8. The van der Waals surface area contributed by atoms with Gasteiger partial charge in [-0.05, 0) is 0 Å². The van der Waals surface area contributed by atoms with Gasteiger partial charge >= 0.3 is 5.97 Å². The van der Waals surface area contributed by atoms with E-state index in [1.165, 1.54) is 0 Å². The van der Waals surface area contributed by atoms with Gasteiger partial charge in [0.2, 0.25) is 11.8 Å². The summed E-state index contributed by atoms with van der Waals surface area (Å²) in [6.07, 6.45) is -6.00. The molecule has 0 saturated carbocycles. The number of ether oxygens (including phenoxy) is 1. The highest BCUT2D eigenvalue weighted by Crippen LogP contribution is 2.20. The molecule has 0 aromatic carbocycles. The van der Waals surface area contributed by atoms with Gasteiger partial charge in [-0.2, -0.15) is 0 Å². The third kappa shape index (κ3) is 5.11. The standard InChI is InChI=1S/C12H21N3O8/c1-4(17)14-8-10(20)9(19)6(3-16)23-11(8)15-7(18)2-5(13)12(21)22/h5-6,8-11,16,19-20H,2-3,13H2,1H3,(H,14,17)(H,15,18)(H,21,22)/t5-,6+,8+,9+,10+,11?/m0/s1. The van der Waals surface area contributed by atoms with Gasteiger partial charge in [-0.1, -0.05) is 0 Å². The SMILES string of the molecule is CC(=O)N[C@H]1C(NC(=O)C[C@H](N)C(=O)O)O[C@H](CO)[C@@H](O)[C@@H]1O. The van der Waals surface area contributed by atoms with Crippen LogP contribution in [0.25, 0.3) is 0 Å². The number of carboxylic acid groups (broad SMARTS) is 1. The Morgan fingerprint density at radius 1 is 1.22 bits per heavy atom. The predicted octanol–water partition coefficient (Wildman–Crippen LogP) is -4.15. The van der Waals surface area contributed by atoms with Crippen molar-refractivity contribution in [2.24, 2.45) is 5.73 Å². The lowest BCUT2D eigenvalue weighted by Crippen LogP contribution is -2.68. The lowest BCUT2D eigenvalue weighted by Gasteiger charge is -2.42. The Balaban J connectivity index is 2.82. The van der Waals surface area contributed by atoms with E-state index in [1.807, 2.05) is 0 Å². The molecule has 1 aliphatic heterocycles. The first-order valence-corrected chi connectivity index (χ1v) is 6.84. The van der Waals surface area contributed by atoms with Crippen LogP contribution in [0.5, 0.6) is 0 Å². The number of aliphatic carboxylic acids is 1. The Hall–Kier alpha value is -1.79. The Bertz CT molecular complexity index is 460. The molecule has 0 aliphatic carbocycles. The molecule has 1 unspecified atom stereocenters. The molecule has 132 valence electrons. The second kappa shape index (κ2) is 8.17. The van der Waals surface area contributed by atoms with Gasteiger partial charge in [0.1, 0.15) is 30.4 Å². The molecule has 0 spiro atoms. The van der Waals surface area contributed by atoms with Gasteiger partial charge in [0.15, 0.2) is 6.23 Å². The number of aliphatic hydroxyl groups is 3. The lowest BCUT2D eigenvalue weighted by atomic mass is 9.95. The molecule has 11 nitrogen and oxygen atoms in total. The third-order valence-electron chi connectivity index (χ3n) is 3.32. The Kier molecular flexibility index (Phi) is 6.84. The molecular weight excluding hydrogens is 314 g/mol. The number of carbonyl (C=O) groups excluding carboxylic acids is 2. The molecule has 8 N–H and O–H groups in total. The number of hydrogen-bond donors (Lipinski definition) is 7. The molecule has 0 radical (unpaired) electrons. The number of carboxylic acids is 1. The van der Waals surface area contributed by atoms with Crippen molar-refractivity contribution in [2.75, 3.05) is 6.61 Å². The average Bonchev–Trinajstić information content (AvgIpc) is 2.46. The number of rotatable bonds is 6. The summed E-state index contributed by atoms with van der Waals surface area (Å²) in [5, 5.41) is 42.2. The summed E-state index contributed by atoms with van der Waals surface area (Å²) >= 11 is 0. The topological polar surface area (TPSA) is 191 Å². The van der Waals surface area contributed by atoms with Gasteiger partial charge in [0.25, 0.3) is 0 Å². The van der Waals surface area contributed by atoms with Crippen LogP contribution >= 0.6 is 0 Å². The molecule has 11 heteroatoms. The minimum Gasteiger partial charge on any atom is -0.480 e. The van der Waals surface area contributed by atoms with E-state index in [4.69, 9.17) is 20.7 Å². The van der Waals surface area contributed by atoms with Crippen LogP contribution in [0.15, 0.2) is 0 Å². The van der Waals surface area contributed by atoms with Crippen molar-refractivity contribution in [3.8, 4) is 0 Å². The maximum atomic E-state index is 11.8. The summed E-state index contributed by atoms with van der Waals surface area (Å²) in [5.41, 5.74) is 5.24. The quantitative estimate of drug-likeness (QED) is 0.252. The smallest absolute Gasteiger partial charge is 0.321 e. The normalized spacial score (nSPS) is 32.0. The predicted molar refractivity (Wildman–Crippen MR) is 73.7 cm³/mol.